The summed E-state index contributed by atoms with van der Waals surface area (Å²) < 4.78 is 5.55. The maximum atomic E-state index is 12.4. The summed E-state index contributed by atoms with van der Waals surface area (Å²) >= 11 is 0. The fourth-order valence-electron chi connectivity index (χ4n) is 2.09. The molecule has 0 unspecified atom stereocenters. The van der Waals surface area contributed by atoms with E-state index in [1.165, 1.54) is 5.56 Å². The summed E-state index contributed by atoms with van der Waals surface area (Å²) in [6.07, 6.45) is 0.830. The van der Waals surface area contributed by atoms with E-state index in [9.17, 15) is 4.79 Å². The fraction of sp³-hybridized carbons (Fsp3) is 0.412. The molecule has 21 heavy (non-hydrogen) atoms. The van der Waals surface area contributed by atoms with Gasteiger partial charge in [0.2, 0.25) is 0 Å². The molecule has 2 aromatic rings. The average Bonchev–Trinajstić information content (AvgIpc) is 2.87. The minimum Gasteiger partial charge on any atom is -0.445 e. The highest BCUT2D eigenvalue weighted by molar-refractivity contribution is 5.93. The molecule has 1 aromatic carbocycles. The Morgan fingerprint density at radius 3 is 2.52 bits per heavy atom. The molecular weight excluding hydrogens is 264 g/mol. The second-order valence-corrected chi connectivity index (χ2v) is 5.57. The number of oxazole rings is 1. The van der Waals surface area contributed by atoms with Gasteiger partial charge in [0, 0.05) is 19.5 Å². The third-order valence-electron chi connectivity index (χ3n) is 3.44. The SMILES string of the molecule is Cc1oc(C(C)C)nc1C(=O)N(C)CCc1ccccc1. The first-order valence-corrected chi connectivity index (χ1v) is 7.25. The van der Waals surface area contributed by atoms with Crippen molar-refractivity contribution in [2.45, 2.75) is 33.1 Å². The summed E-state index contributed by atoms with van der Waals surface area (Å²) in [6.45, 7) is 6.45. The summed E-state index contributed by atoms with van der Waals surface area (Å²) in [5.74, 6) is 1.31. The van der Waals surface area contributed by atoms with Gasteiger partial charge in [0.25, 0.3) is 5.91 Å². The van der Waals surface area contributed by atoms with Crippen LogP contribution in [0.4, 0.5) is 0 Å². The van der Waals surface area contributed by atoms with Crippen molar-refractivity contribution in [2.75, 3.05) is 13.6 Å². The van der Waals surface area contributed by atoms with Crippen molar-refractivity contribution in [1.82, 2.24) is 9.88 Å². The molecule has 1 aromatic heterocycles. The normalized spacial score (nSPS) is 10.9. The zero-order valence-corrected chi connectivity index (χ0v) is 13.1. The molecule has 0 saturated heterocycles. The minimum atomic E-state index is -0.0842. The summed E-state index contributed by atoms with van der Waals surface area (Å²) in [5, 5.41) is 0. The Hall–Kier alpha value is -2.10. The number of benzene rings is 1. The Kier molecular flexibility index (Phi) is 4.78. The van der Waals surface area contributed by atoms with Gasteiger partial charge in [-0.2, -0.15) is 0 Å². The molecule has 0 bridgehead atoms. The molecule has 0 atom stereocenters. The fourth-order valence-corrected chi connectivity index (χ4v) is 2.09. The van der Waals surface area contributed by atoms with Crippen molar-refractivity contribution >= 4 is 5.91 Å². The van der Waals surface area contributed by atoms with Crippen LogP contribution in [0.5, 0.6) is 0 Å². The number of aromatic nitrogens is 1. The first kappa shape index (κ1) is 15.3. The van der Waals surface area contributed by atoms with Crippen LogP contribution < -0.4 is 0 Å². The molecule has 4 nitrogen and oxygen atoms in total. The molecule has 0 N–H and O–H groups in total. The number of hydrogen-bond donors (Lipinski definition) is 0. The smallest absolute Gasteiger partial charge is 0.275 e. The van der Waals surface area contributed by atoms with Gasteiger partial charge in [-0.05, 0) is 18.9 Å². The highest BCUT2D eigenvalue weighted by Gasteiger charge is 2.21. The lowest BCUT2D eigenvalue weighted by molar-refractivity contribution is 0.0790. The van der Waals surface area contributed by atoms with Crippen LogP contribution in [0.3, 0.4) is 0 Å². The molecular formula is C17H22N2O2. The van der Waals surface area contributed by atoms with Gasteiger partial charge in [0.15, 0.2) is 11.6 Å². The van der Waals surface area contributed by atoms with Crippen molar-refractivity contribution in [2.24, 2.45) is 0 Å². The van der Waals surface area contributed by atoms with E-state index < -0.39 is 0 Å². The maximum absolute atomic E-state index is 12.4. The molecule has 0 saturated carbocycles. The van der Waals surface area contributed by atoms with Crippen LogP contribution in [0.15, 0.2) is 34.7 Å². The average molecular weight is 286 g/mol. The van der Waals surface area contributed by atoms with Crippen LogP contribution in [0.1, 0.15) is 47.5 Å². The van der Waals surface area contributed by atoms with Crippen molar-refractivity contribution in [3.05, 3.63) is 53.2 Å². The second kappa shape index (κ2) is 6.57. The van der Waals surface area contributed by atoms with E-state index in [1.807, 2.05) is 32.0 Å². The predicted octanol–water partition coefficient (Wildman–Crippen LogP) is 3.42. The predicted molar refractivity (Wildman–Crippen MR) is 82.4 cm³/mol. The lowest BCUT2D eigenvalue weighted by Crippen LogP contribution is -2.29. The molecule has 0 aliphatic rings. The van der Waals surface area contributed by atoms with E-state index in [0.717, 1.165) is 6.42 Å². The van der Waals surface area contributed by atoms with E-state index in [2.05, 4.69) is 17.1 Å². The van der Waals surface area contributed by atoms with E-state index in [1.54, 1.807) is 18.9 Å². The van der Waals surface area contributed by atoms with Crippen LogP contribution in [0, 0.1) is 6.92 Å². The Morgan fingerprint density at radius 2 is 1.95 bits per heavy atom. The van der Waals surface area contributed by atoms with Crippen molar-refractivity contribution in [1.29, 1.82) is 0 Å². The Bertz CT molecular complexity index is 603. The molecule has 2 rings (SSSR count). The Labute approximate surface area is 125 Å². The lowest BCUT2D eigenvalue weighted by Gasteiger charge is -2.16. The molecule has 0 spiro atoms. The van der Waals surface area contributed by atoms with Gasteiger partial charge in [0.1, 0.15) is 5.76 Å². The summed E-state index contributed by atoms with van der Waals surface area (Å²) in [4.78, 5) is 18.4. The van der Waals surface area contributed by atoms with Gasteiger partial charge in [-0.1, -0.05) is 44.2 Å². The quantitative estimate of drug-likeness (QED) is 0.846. The molecule has 0 radical (unpaired) electrons. The zero-order chi connectivity index (χ0) is 15.4. The van der Waals surface area contributed by atoms with Gasteiger partial charge < -0.3 is 9.32 Å². The monoisotopic (exact) mass is 286 g/mol. The molecule has 1 heterocycles. The van der Waals surface area contributed by atoms with E-state index in [4.69, 9.17) is 4.42 Å². The Morgan fingerprint density at radius 1 is 1.29 bits per heavy atom. The number of hydrogen-bond acceptors (Lipinski definition) is 3. The Balaban J connectivity index is 2.02. The van der Waals surface area contributed by atoms with Gasteiger partial charge in [0.05, 0.1) is 0 Å². The number of rotatable bonds is 5. The first-order chi connectivity index (χ1) is 9.99. The molecule has 4 heteroatoms. The van der Waals surface area contributed by atoms with Crippen molar-refractivity contribution in [3.8, 4) is 0 Å². The summed E-state index contributed by atoms with van der Waals surface area (Å²) in [7, 11) is 1.80. The standard InChI is InChI=1S/C17H22N2O2/c1-12(2)16-18-15(13(3)21-16)17(20)19(4)11-10-14-8-6-5-7-9-14/h5-9,12H,10-11H2,1-4H3. The number of aryl methyl sites for hydroxylation is 1. The largest absolute Gasteiger partial charge is 0.445 e. The van der Waals surface area contributed by atoms with Gasteiger partial charge >= 0.3 is 0 Å². The highest BCUT2D eigenvalue weighted by atomic mass is 16.4. The van der Waals surface area contributed by atoms with E-state index in [-0.39, 0.29) is 11.8 Å². The number of carbonyl (C=O) groups excluding carboxylic acids is 1. The van der Waals surface area contributed by atoms with Crippen LogP contribution in [0.25, 0.3) is 0 Å². The summed E-state index contributed by atoms with van der Waals surface area (Å²) in [5.41, 5.74) is 1.64. The first-order valence-electron chi connectivity index (χ1n) is 7.25. The van der Waals surface area contributed by atoms with Crippen LogP contribution in [-0.4, -0.2) is 29.4 Å². The van der Waals surface area contributed by atoms with Crippen LogP contribution in [-0.2, 0) is 6.42 Å². The molecule has 0 fully saturated rings. The third kappa shape index (κ3) is 3.72. The lowest BCUT2D eigenvalue weighted by atomic mass is 10.1. The number of likely N-dealkylation sites (N-methyl/N-ethyl adjacent to an activating group) is 1. The summed E-state index contributed by atoms with van der Waals surface area (Å²) in [6, 6.07) is 10.1. The number of carbonyl (C=O) groups is 1. The minimum absolute atomic E-state index is 0.0842. The van der Waals surface area contributed by atoms with Gasteiger partial charge in [-0.15, -0.1) is 0 Å². The molecule has 112 valence electrons. The van der Waals surface area contributed by atoms with Crippen LogP contribution >= 0.6 is 0 Å². The van der Waals surface area contributed by atoms with Crippen molar-refractivity contribution in [3.63, 3.8) is 0 Å². The maximum Gasteiger partial charge on any atom is 0.275 e. The number of nitrogens with zero attached hydrogens (tertiary/aromatic N) is 2. The zero-order valence-electron chi connectivity index (χ0n) is 13.1. The molecule has 0 aliphatic heterocycles. The second-order valence-electron chi connectivity index (χ2n) is 5.57. The molecule has 0 aliphatic carbocycles. The van der Waals surface area contributed by atoms with Crippen LogP contribution in [0.2, 0.25) is 0 Å². The van der Waals surface area contributed by atoms with Gasteiger partial charge in [-0.25, -0.2) is 4.98 Å². The van der Waals surface area contributed by atoms with E-state index >= 15 is 0 Å². The third-order valence-corrected chi connectivity index (χ3v) is 3.44. The van der Waals surface area contributed by atoms with Gasteiger partial charge in [-0.3, -0.25) is 4.79 Å². The molecule has 1 amide bonds. The number of amides is 1. The highest BCUT2D eigenvalue weighted by Crippen LogP contribution is 2.18. The van der Waals surface area contributed by atoms with E-state index in [0.29, 0.717) is 23.9 Å². The van der Waals surface area contributed by atoms with Crippen molar-refractivity contribution < 1.29 is 9.21 Å². The topological polar surface area (TPSA) is 46.3 Å².